The summed E-state index contributed by atoms with van der Waals surface area (Å²) in [6.45, 7) is 11.2. The smallest absolute Gasteiger partial charge is 0.182 e. The average Bonchev–Trinajstić information content (AvgIpc) is 3.14. The topological polar surface area (TPSA) is 46.5 Å². The predicted octanol–water partition coefficient (Wildman–Crippen LogP) is 5.15. The van der Waals surface area contributed by atoms with Gasteiger partial charge in [0.15, 0.2) is 5.78 Å². The number of carbonyl (C=O) groups excluding carboxylic acids is 1. The van der Waals surface area contributed by atoms with Crippen molar-refractivity contribution in [3.8, 4) is 0 Å². The van der Waals surface area contributed by atoms with Crippen molar-refractivity contribution in [2.45, 2.75) is 84.8 Å². The van der Waals surface area contributed by atoms with E-state index in [1.807, 2.05) is 6.08 Å². The quantitative estimate of drug-likeness (QED) is 0.670. The van der Waals surface area contributed by atoms with Crippen LogP contribution in [0.1, 0.15) is 73.1 Å². The van der Waals surface area contributed by atoms with Gasteiger partial charge in [0.1, 0.15) is 0 Å². The lowest BCUT2D eigenvalue weighted by atomic mass is 9.63. The van der Waals surface area contributed by atoms with Crippen LogP contribution in [0.25, 0.3) is 0 Å². The number of carbonyl (C=O) groups is 1. The zero-order valence-electron chi connectivity index (χ0n) is 18.2. The Morgan fingerprint density at radius 1 is 1.36 bits per heavy atom. The van der Waals surface area contributed by atoms with Crippen LogP contribution in [-0.4, -0.2) is 29.2 Å². The molecule has 0 radical (unpaired) electrons. The molecule has 0 aromatic carbocycles. The van der Waals surface area contributed by atoms with Crippen LogP contribution in [0.5, 0.6) is 0 Å². The van der Waals surface area contributed by atoms with E-state index >= 15 is 0 Å². The third kappa shape index (κ3) is 2.97. The van der Waals surface area contributed by atoms with E-state index in [9.17, 15) is 9.90 Å². The first-order valence-corrected chi connectivity index (χ1v) is 11.1. The molecule has 4 rings (SSSR count). The van der Waals surface area contributed by atoms with Crippen LogP contribution in [0, 0.1) is 23.2 Å². The maximum absolute atomic E-state index is 12.6. The summed E-state index contributed by atoms with van der Waals surface area (Å²) in [6, 6.07) is 0. The maximum Gasteiger partial charge on any atom is 0.182 e. The molecular formula is C25H36O3. The van der Waals surface area contributed by atoms with Crippen molar-refractivity contribution in [3.05, 3.63) is 34.4 Å². The van der Waals surface area contributed by atoms with E-state index in [2.05, 4.69) is 40.7 Å². The lowest BCUT2D eigenvalue weighted by Crippen LogP contribution is -2.44. The summed E-state index contributed by atoms with van der Waals surface area (Å²) in [7, 11) is 0. The fourth-order valence-corrected chi connectivity index (χ4v) is 7.01. The minimum absolute atomic E-state index is 0.00588. The van der Waals surface area contributed by atoms with E-state index in [1.165, 1.54) is 17.6 Å². The lowest BCUT2D eigenvalue weighted by Gasteiger charge is -2.44. The van der Waals surface area contributed by atoms with Gasteiger partial charge in [0.25, 0.3) is 0 Å². The van der Waals surface area contributed by atoms with Crippen LogP contribution in [0.4, 0.5) is 0 Å². The summed E-state index contributed by atoms with van der Waals surface area (Å²) in [4.78, 5) is 12.6. The first-order valence-electron chi connectivity index (χ1n) is 11.1. The van der Waals surface area contributed by atoms with Gasteiger partial charge in [0.05, 0.1) is 18.3 Å². The van der Waals surface area contributed by atoms with Gasteiger partial charge in [-0.05, 0) is 88.2 Å². The fraction of sp³-hybridized carbons (Fsp3) is 0.720. The zero-order valence-corrected chi connectivity index (χ0v) is 18.2. The molecule has 1 aliphatic heterocycles. The SMILES string of the molecule is CC(C)=C[C@H]1C[C@H](C)[C@]2(CC[C@]3(C)C[C@@H]4C(C)=CC(=O)/C4=C(\CO)CC[C@H]32)O1. The number of aliphatic hydroxyl groups is 1. The Hall–Kier alpha value is -1.19. The van der Waals surface area contributed by atoms with Gasteiger partial charge >= 0.3 is 0 Å². The van der Waals surface area contributed by atoms with Crippen molar-refractivity contribution < 1.29 is 14.6 Å². The third-order valence-corrected chi connectivity index (χ3v) is 8.33. The fourth-order valence-electron chi connectivity index (χ4n) is 7.01. The molecule has 1 heterocycles. The summed E-state index contributed by atoms with van der Waals surface area (Å²) in [5, 5.41) is 10.0. The second-order valence-electron chi connectivity index (χ2n) is 10.4. The highest BCUT2D eigenvalue weighted by atomic mass is 16.5. The van der Waals surface area contributed by atoms with Gasteiger partial charge in [0.2, 0.25) is 0 Å². The van der Waals surface area contributed by atoms with Gasteiger partial charge in [-0.3, -0.25) is 4.79 Å². The lowest BCUT2D eigenvalue weighted by molar-refractivity contribution is -0.111. The van der Waals surface area contributed by atoms with Gasteiger partial charge in [-0.2, -0.15) is 0 Å². The monoisotopic (exact) mass is 384 g/mol. The van der Waals surface area contributed by atoms with Crippen molar-refractivity contribution in [2.75, 3.05) is 6.61 Å². The molecule has 0 aromatic heterocycles. The summed E-state index contributed by atoms with van der Waals surface area (Å²) in [6.07, 6.45) is 10.6. The van der Waals surface area contributed by atoms with Gasteiger partial charge < -0.3 is 9.84 Å². The minimum Gasteiger partial charge on any atom is -0.392 e. The molecule has 3 heteroatoms. The highest BCUT2D eigenvalue weighted by Gasteiger charge is 2.61. The van der Waals surface area contributed by atoms with Crippen LogP contribution in [0.15, 0.2) is 34.4 Å². The second-order valence-corrected chi connectivity index (χ2v) is 10.4. The van der Waals surface area contributed by atoms with Crippen molar-refractivity contribution in [1.29, 1.82) is 0 Å². The number of ketones is 1. The molecule has 28 heavy (non-hydrogen) atoms. The third-order valence-electron chi connectivity index (χ3n) is 8.33. The number of fused-ring (bicyclic) bond motifs is 3. The highest BCUT2D eigenvalue weighted by molar-refractivity contribution is 6.08. The van der Waals surface area contributed by atoms with Gasteiger partial charge in [-0.1, -0.05) is 31.1 Å². The molecule has 1 saturated carbocycles. The number of allylic oxidation sites excluding steroid dienone is 4. The Bertz CT molecular complexity index is 769. The van der Waals surface area contributed by atoms with Crippen LogP contribution < -0.4 is 0 Å². The first-order chi connectivity index (χ1) is 13.2. The molecule has 6 atom stereocenters. The summed E-state index contributed by atoms with van der Waals surface area (Å²) >= 11 is 0. The average molecular weight is 385 g/mol. The molecule has 0 aromatic rings. The van der Waals surface area contributed by atoms with E-state index in [4.69, 9.17) is 4.74 Å². The van der Waals surface area contributed by atoms with E-state index in [0.717, 1.165) is 43.3 Å². The summed E-state index contributed by atoms with van der Waals surface area (Å²) < 4.78 is 6.86. The molecule has 3 aliphatic carbocycles. The standard InChI is InChI=1S/C25H36O3/c1-15(2)10-19-12-17(4)25(28-19)9-8-24(5)13-20-16(3)11-21(27)23(20)18(14-26)6-7-22(24)25/h10-11,17,19-20,22,26H,6-9,12-14H2,1-5H3/b23-18-/t17-,19-,20+,22+,24+,25-/m0/s1. The number of ether oxygens (including phenoxy) is 1. The largest absolute Gasteiger partial charge is 0.392 e. The Balaban J connectivity index is 1.71. The molecule has 0 amide bonds. The first kappa shape index (κ1) is 20.1. The normalized spacial score (nSPS) is 45.5. The van der Waals surface area contributed by atoms with Crippen molar-refractivity contribution in [2.24, 2.45) is 23.2 Å². The maximum atomic E-state index is 12.6. The van der Waals surface area contributed by atoms with E-state index in [1.54, 1.807) is 0 Å². The summed E-state index contributed by atoms with van der Waals surface area (Å²) in [5.41, 5.74) is 4.51. The van der Waals surface area contributed by atoms with E-state index in [-0.39, 0.29) is 35.4 Å². The predicted molar refractivity (Wildman–Crippen MR) is 112 cm³/mol. The van der Waals surface area contributed by atoms with Crippen LogP contribution in [0.3, 0.4) is 0 Å². The number of hydrogen-bond acceptors (Lipinski definition) is 3. The van der Waals surface area contributed by atoms with Crippen LogP contribution >= 0.6 is 0 Å². The van der Waals surface area contributed by atoms with Crippen molar-refractivity contribution in [1.82, 2.24) is 0 Å². The van der Waals surface area contributed by atoms with E-state index in [0.29, 0.717) is 11.8 Å². The van der Waals surface area contributed by atoms with Gasteiger partial charge in [0, 0.05) is 11.5 Å². The molecule has 3 nitrogen and oxygen atoms in total. The number of rotatable bonds is 2. The minimum atomic E-state index is -0.0519. The molecule has 4 aliphatic rings. The number of aliphatic hydroxyl groups excluding tert-OH is 1. The van der Waals surface area contributed by atoms with Crippen molar-refractivity contribution in [3.63, 3.8) is 0 Å². The molecule has 0 unspecified atom stereocenters. The Morgan fingerprint density at radius 2 is 2.11 bits per heavy atom. The van der Waals surface area contributed by atoms with Crippen LogP contribution in [-0.2, 0) is 9.53 Å². The molecule has 0 bridgehead atoms. The highest BCUT2D eigenvalue weighted by Crippen LogP contribution is 2.63. The molecule has 154 valence electrons. The zero-order chi connectivity index (χ0) is 20.3. The second kappa shape index (κ2) is 6.95. The molecule has 1 spiro atoms. The Labute approximate surface area is 169 Å². The molecule has 1 saturated heterocycles. The summed E-state index contributed by atoms with van der Waals surface area (Å²) in [5.74, 6) is 1.35. The Morgan fingerprint density at radius 3 is 2.79 bits per heavy atom. The molecular weight excluding hydrogens is 348 g/mol. The Kier molecular flexibility index (Phi) is 4.99. The van der Waals surface area contributed by atoms with Crippen molar-refractivity contribution >= 4 is 5.78 Å². The molecule has 2 fully saturated rings. The van der Waals surface area contributed by atoms with Gasteiger partial charge in [-0.15, -0.1) is 0 Å². The molecule has 1 N–H and O–H groups in total. The van der Waals surface area contributed by atoms with E-state index < -0.39 is 0 Å². The number of hydrogen-bond donors (Lipinski definition) is 1. The van der Waals surface area contributed by atoms with Gasteiger partial charge in [-0.25, -0.2) is 0 Å². The van der Waals surface area contributed by atoms with Crippen LogP contribution in [0.2, 0.25) is 0 Å².